The van der Waals surface area contributed by atoms with Crippen LogP contribution in [0.2, 0.25) is 0 Å². The molecule has 0 amide bonds. The number of thioether (sulfide) groups is 1. The summed E-state index contributed by atoms with van der Waals surface area (Å²) in [5.41, 5.74) is 1.53. The van der Waals surface area contributed by atoms with Gasteiger partial charge in [-0.3, -0.25) is 0 Å². The Kier molecular flexibility index (Phi) is 3.22. The van der Waals surface area contributed by atoms with Crippen LogP contribution in [0.25, 0.3) is 0 Å². The van der Waals surface area contributed by atoms with E-state index in [4.69, 9.17) is 4.98 Å². The van der Waals surface area contributed by atoms with Crippen LogP contribution in [0.3, 0.4) is 0 Å². The molecule has 2 aliphatic rings. The van der Waals surface area contributed by atoms with Crippen molar-refractivity contribution < 1.29 is 0 Å². The highest BCUT2D eigenvalue weighted by Gasteiger charge is 2.42. The predicted molar refractivity (Wildman–Crippen MR) is 76.0 cm³/mol. The maximum atomic E-state index is 4.95. The smallest absolute Gasteiger partial charge is 0.114 e. The lowest BCUT2D eigenvalue weighted by molar-refractivity contribution is 0.317. The number of nitrogens with one attached hydrogen (secondary N) is 1. The number of thiazole rings is 1. The summed E-state index contributed by atoms with van der Waals surface area (Å²) in [6, 6.07) is 0. The van der Waals surface area contributed by atoms with Gasteiger partial charge in [0.05, 0.1) is 11.2 Å². The van der Waals surface area contributed by atoms with E-state index >= 15 is 0 Å². The topological polar surface area (TPSA) is 24.9 Å². The summed E-state index contributed by atoms with van der Waals surface area (Å²) in [5, 5.41) is 5.58. The molecule has 0 saturated carbocycles. The van der Waals surface area contributed by atoms with Crippen molar-refractivity contribution in [2.75, 3.05) is 12.8 Å². The zero-order chi connectivity index (χ0) is 11.9. The van der Waals surface area contributed by atoms with E-state index < -0.39 is 0 Å². The standard InChI is InChI=1S/C13H20N2S2/c1-9-13(14-2,7-4-8-16-9)12-15-10-5-3-6-11(10)17-12/h9,14H,3-8H2,1-2H3. The molecule has 3 rings (SSSR count). The molecule has 1 aliphatic heterocycles. The number of aryl methyl sites for hydroxylation is 2. The van der Waals surface area contributed by atoms with Crippen LogP contribution in [0.4, 0.5) is 0 Å². The minimum Gasteiger partial charge on any atom is -0.308 e. The molecule has 17 heavy (non-hydrogen) atoms. The molecular formula is C13H20N2S2. The van der Waals surface area contributed by atoms with Gasteiger partial charge in [0, 0.05) is 10.1 Å². The molecule has 2 heterocycles. The molecule has 1 aromatic heterocycles. The third-order valence-electron chi connectivity index (χ3n) is 4.20. The highest BCUT2D eigenvalue weighted by atomic mass is 32.2. The van der Waals surface area contributed by atoms with Gasteiger partial charge in [-0.15, -0.1) is 11.3 Å². The molecule has 1 aromatic rings. The molecule has 1 aliphatic carbocycles. The Bertz CT molecular complexity index is 394. The molecule has 0 radical (unpaired) electrons. The largest absolute Gasteiger partial charge is 0.308 e. The second-order valence-electron chi connectivity index (χ2n) is 5.08. The highest BCUT2D eigenvalue weighted by Crippen LogP contribution is 2.44. The van der Waals surface area contributed by atoms with E-state index in [1.165, 1.54) is 48.6 Å². The number of aromatic nitrogens is 1. The van der Waals surface area contributed by atoms with Gasteiger partial charge in [-0.25, -0.2) is 4.98 Å². The van der Waals surface area contributed by atoms with E-state index in [0.717, 1.165) is 0 Å². The summed E-state index contributed by atoms with van der Waals surface area (Å²) in [4.78, 5) is 6.50. The van der Waals surface area contributed by atoms with Crippen molar-refractivity contribution >= 4 is 23.1 Å². The van der Waals surface area contributed by atoms with Crippen LogP contribution in [0, 0.1) is 0 Å². The maximum absolute atomic E-state index is 4.95. The van der Waals surface area contributed by atoms with Crippen molar-refractivity contribution in [1.29, 1.82) is 0 Å². The number of fused-ring (bicyclic) bond motifs is 1. The minimum atomic E-state index is 0.137. The van der Waals surface area contributed by atoms with E-state index in [-0.39, 0.29) is 5.54 Å². The molecule has 0 spiro atoms. The highest BCUT2D eigenvalue weighted by molar-refractivity contribution is 8.00. The lowest BCUT2D eigenvalue weighted by Gasteiger charge is -2.40. The molecule has 94 valence electrons. The Balaban J connectivity index is 1.98. The van der Waals surface area contributed by atoms with Gasteiger partial charge < -0.3 is 5.32 Å². The molecule has 0 bridgehead atoms. The quantitative estimate of drug-likeness (QED) is 0.892. The first kappa shape index (κ1) is 12.0. The normalized spacial score (nSPS) is 32.7. The first-order valence-electron chi connectivity index (χ1n) is 6.56. The van der Waals surface area contributed by atoms with Gasteiger partial charge in [0.15, 0.2) is 0 Å². The van der Waals surface area contributed by atoms with Gasteiger partial charge in [0.2, 0.25) is 0 Å². The Hall–Kier alpha value is -0.0600. The van der Waals surface area contributed by atoms with Crippen molar-refractivity contribution in [3.63, 3.8) is 0 Å². The van der Waals surface area contributed by atoms with Crippen LogP contribution < -0.4 is 5.32 Å². The van der Waals surface area contributed by atoms with Gasteiger partial charge in [-0.1, -0.05) is 6.92 Å². The van der Waals surface area contributed by atoms with Gasteiger partial charge in [-0.05, 0) is 44.9 Å². The molecule has 4 heteroatoms. The minimum absolute atomic E-state index is 0.137. The van der Waals surface area contributed by atoms with Crippen molar-refractivity contribution in [2.45, 2.75) is 49.8 Å². The number of hydrogen-bond donors (Lipinski definition) is 1. The summed E-state index contributed by atoms with van der Waals surface area (Å²) in [5.74, 6) is 1.30. The van der Waals surface area contributed by atoms with Crippen molar-refractivity contribution in [2.24, 2.45) is 0 Å². The fourth-order valence-electron chi connectivity index (χ4n) is 3.05. The fourth-order valence-corrected chi connectivity index (χ4v) is 5.89. The molecule has 2 unspecified atom stereocenters. The zero-order valence-electron chi connectivity index (χ0n) is 10.6. The molecule has 0 aromatic carbocycles. The Labute approximate surface area is 112 Å². The van der Waals surface area contributed by atoms with E-state index in [0.29, 0.717) is 5.25 Å². The molecule has 1 fully saturated rings. The summed E-state index contributed by atoms with van der Waals surface area (Å²) < 4.78 is 0. The van der Waals surface area contributed by atoms with Crippen LogP contribution in [0.5, 0.6) is 0 Å². The zero-order valence-corrected chi connectivity index (χ0v) is 12.2. The Morgan fingerprint density at radius 3 is 2.94 bits per heavy atom. The van der Waals surface area contributed by atoms with Gasteiger partial charge >= 0.3 is 0 Å². The van der Waals surface area contributed by atoms with Crippen molar-refractivity contribution in [3.05, 3.63) is 15.6 Å². The summed E-state index contributed by atoms with van der Waals surface area (Å²) in [6.07, 6.45) is 6.32. The monoisotopic (exact) mass is 268 g/mol. The van der Waals surface area contributed by atoms with E-state index in [1.54, 1.807) is 4.88 Å². The van der Waals surface area contributed by atoms with Crippen LogP contribution in [-0.4, -0.2) is 23.0 Å². The van der Waals surface area contributed by atoms with Crippen LogP contribution in [-0.2, 0) is 18.4 Å². The van der Waals surface area contributed by atoms with E-state index in [1.807, 2.05) is 11.3 Å². The third kappa shape index (κ3) is 1.85. The van der Waals surface area contributed by atoms with Crippen LogP contribution in [0.15, 0.2) is 0 Å². The third-order valence-corrected chi connectivity index (χ3v) is 6.96. The second-order valence-corrected chi connectivity index (χ2v) is 7.61. The van der Waals surface area contributed by atoms with E-state index in [2.05, 4.69) is 31.1 Å². The van der Waals surface area contributed by atoms with Crippen molar-refractivity contribution in [1.82, 2.24) is 10.3 Å². The lowest BCUT2D eigenvalue weighted by Crippen LogP contribution is -2.49. The molecular weight excluding hydrogens is 248 g/mol. The SMILES string of the molecule is CNC1(c2nc3c(s2)CCC3)CCCSC1C. The second kappa shape index (κ2) is 4.56. The first-order valence-corrected chi connectivity index (χ1v) is 8.42. The summed E-state index contributed by atoms with van der Waals surface area (Å²) in [6.45, 7) is 2.35. The first-order chi connectivity index (χ1) is 8.26. The average molecular weight is 268 g/mol. The fraction of sp³-hybridized carbons (Fsp3) is 0.769. The maximum Gasteiger partial charge on any atom is 0.114 e. The molecule has 2 atom stereocenters. The summed E-state index contributed by atoms with van der Waals surface area (Å²) >= 11 is 4.06. The molecule has 1 N–H and O–H groups in total. The molecule has 2 nitrogen and oxygen atoms in total. The number of nitrogens with zero attached hydrogens (tertiary/aromatic N) is 1. The van der Waals surface area contributed by atoms with Crippen molar-refractivity contribution in [3.8, 4) is 0 Å². The van der Waals surface area contributed by atoms with Gasteiger partial charge in [0.25, 0.3) is 0 Å². The summed E-state index contributed by atoms with van der Waals surface area (Å²) in [7, 11) is 2.11. The Morgan fingerprint density at radius 2 is 2.24 bits per heavy atom. The number of hydrogen-bond acceptors (Lipinski definition) is 4. The van der Waals surface area contributed by atoms with Gasteiger partial charge in [0.1, 0.15) is 5.01 Å². The van der Waals surface area contributed by atoms with Gasteiger partial charge in [-0.2, -0.15) is 11.8 Å². The Morgan fingerprint density at radius 1 is 1.35 bits per heavy atom. The van der Waals surface area contributed by atoms with Crippen LogP contribution in [0.1, 0.15) is 41.8 Å². The average Bonchev–Trinajstić information content (AvgIpc) is 2.90. The van der Waals surface area contributed by atoms with Crippen LogP contribution >= 0.6 is 23.1 Å². The number of rotatable bonds is 2. The van der Waals surface area contributed by atoms with E-state index in [9.17, 15) is 0 Å². The molecule has 1 saturated heterocycles. The lowest BCUT2D eigenvalue weighted by atomic mass is 9.90. The predicted octanol–water partition coefficient (Wildman–Crippen LogP) is 2.96.